The molecule has 0 radical (unpaired) electrons. The number of halogens is 3. The highest BCUT2D eigenvalue weighted by Crippen LogP contribution is 2.25. The SMILES string of the molecule is CC(N)(Cc1ccc(F)cc1)Cc1cc(Cl)ccc1Cl. The highest BCUT2D eigenvalue weighted by molar-refractivity contribution is 6.33. The molecule has 1 nitrogen and oxygen atoms in total. The van der Waals surface area contributed by atoms with Crippen LogP contribution >= 0.6 is 23.2 Å². The molecule has 0 aliphatic carbocycles. The van der Waals surface area contributed by atoms with E-state index in [2.05, 4.69) is 0 Å². The van der Waals surface area contributed by atoms with E-state index in [1.54, 1.807) is 24.3 Å². The van der Waals surface area contributed by atoms with Gasteiger partial charge >= 0.3 is 0 Å². The van der Waals surface area contributed by atoms with Crippen LogP contribution in [-0.4, -0.2) is 5.54 Å². The van der Waals surface area contributed by atoms with Gasteiger partial charge in [0.2, 0.25) is 0 Å². The number of hydrogen-bond acceptors (Lipinski definition) is 1. The fourth-order valence-electron chi connectivity index (χ4n) is 2.24. The molecule has 106 valence electrons. The standard InChI is InChI=1S/C16H16Cl2FN/c1-16(20,9-11-2-5-14(19)6-3-11)10-12-8-13(17)4-7-15(12)18/h2-8H,9-10,20H2,1H3. The minimum atomic E-state index is -0.480. The van der Waals surface area contributed by atoms with Crippen LogP contribution in [0.5, 0.6) is 0 Å². The fourth-order valence-corrected chi connectivity index (χ4v) is 2.62. The van der Waals surface area contributed by atoms with Gasteiger partial charge in [-0.2, -0.15) is 0 Å². The van der Waals surface area contributed by atoms with E-state index in [1.165, 1.54) is 12.1 Å². The minimum absolute atomic E-state index is 0.245. The third-order valence-corrected chi connectivity index (χ3v) is 3.73. The van der Waals surface area contributed by atoms with Crippen LogP contribution in [0, 0.1) is 5.82 Å². The van der Waals surface area contributed by atoms with Gasteiger partial charge in [-0.15, -0.1) is 0 Å². The summed E-state index contributed by atoms with van der Waals surface area (Å²) in [5, 5.41) is 1.30. The molecular formula is C16H16Cl2FN. The smallest absolute Gasteiger partial charge is 0.123 e. The molecule has 0 bridgehead atoms. The fraction of sp³-hybridized carbons (Fsp3) is 0.250. The quantitative estimate of drug-likeness (QED) is 0.875. The number of hydrogen-bond donors (Lipinski definition) is 1. The summed E-state index contributed by atoms with van der Waals surface area (Å²) in [6.07, 6.45) is 1.24. The van der Waals surface area contributed by atoms with Crippen molar-refractivity contribution in [1.82, 2.24) is 0 Å². The van der Waals surface area contributed by atoms with E-state index in [4.69, 9.17) is 28.9 Å². The second-order valence-electron chi connectivity index (χ2n) is 5.37. The molecule has 0 fully saturated rings. The molecule has 0 aromatic heterocycles. The lowest BCUT2D eigenvalue weighted by Gasteiger charge is -2.25. The second kappa shape index (κ2) is 6.13. The van der Waals surface area contributed by atoms with Gasteiger partial charge in [-0.3, -0.25) is 0 Å². The van der Waals surface area contributed by atoms with Crippen LogP contribution in [0.3, 0.4) is 0 Å². The van der Waals surface area contributed by atoms with Gasteiger partial charge in [0.05, 0.1) is 0 Å². The van der Waals surface area contributed by atoms with E-state index < -0.39 is 5.54 Å². The van der Waals surface area contributed by atoms with Crippen molar-refractivity contribution in [2.75, 3.05) is 0 Å². The summed E-state index contributed by atoms with van der Waals surface area (Å²) in [6.45, 7) is 1.95. The van der Waals surface area contributed by atoms with Crippen molar-refractivity contribution in [3.8, 4) is 0 Å². The van der Waals surface area contributed by atoms with Crippen molar-refractivity contribution in [2.45, 2.75) is 25.3 Å². The zero-order chi connectivity index (χ0) is 14.8. The number of rotatable bonds is 4. The van der Waals surface area contributed by atoms with Crippen LogP contribution in [-0.2, 0) is 12.8 Å². The summed E-state index contributed by atoms with van der Waals surface area (Å²) in [5.41, 5.74) is 7.78. The Bertz CT molecular complexity index is 594. The summed E-state index contributed by atoms with van der Waals surface area (Å²) < 4.78 is 12.9. The van der Waals surface area contributed by atoms with Gasteiger partial charge in [0.15, 0.2) is 0 Å². The van der Waals surface area contributed by atoms with Gasteiger partial charge < -0.3 is 5.73 Å². The molecule has 2 rings (SSSR count). The maximum absolute atomic E-state index is 12.9. The highest BCUT2D eigenvalue weighted by Gasteiger charge is 2.21. The molecule has 0 aliphatic heterocycles. The molecule has 0 aliphatic rings. The Morgan fingerprint density at radius 3 is 2.35 bits per heavy atom. The molecule has 1 atom stereocenters. The Morgan fingerprint density at radius 2 is 1.70 bits per heavy atom. The van der Waals surface area contributed by atoms with E-state index in [0.717, 1.165) is 11.1 Å². The van der Waals surface area contributed by atoms with Gasteiger partial charge in [0.25, 0.3) is 0 Å². The lowest BCUT2D eigenvalue weighted by atomic mass is 9.87. The van der Waals surface area contributed by atoms with E-state index in [1.807, 2.05) is 13.0 Å². The van der Waals surface area contributed by atoms with Gasteiger partial charge in [-0.1, -0.05) is 35.3 Å². The van der Waals surface area contributed by atoms with Crippen LogP contribution < -0.4 is 5.73 Å². The monoisotopic (exact) mass is 311 g/mol. The van der Waals surface area contributed by atoms with E-state index in [-0.39, 0.29) is 5.82 Å². The predicted molar refractivity (Wildman–Crippen MR) is 82.9 cm³/mol. The first-order chi connectivity index (χ1) is 9.35. The second-order valence-corrected chi connectivity index (χ2v) is 6.21. The molecule has 2 N–H and O–H groups in total. The van der Waals surface area contributed by atoms with Crippen molar-refractivity contribution >= 4 is 23.2 Å². The Hall–Kier alpha value is -1.09. The summed E-state index contributed by atoms with van der Waals surface area (Å²) in [4.78, 5) is 0. The summed E-state index contributed by atoms with van der Waals surface area (Å²) in [6, 6.07) is 11.7. The molecule has 4 heteroatoms. The Labute approximate surface area is 128 Å². The van der Waals surface area contributed by atoms with E-state index in [0.29, 0.717) is 22.9 Å². The molecule has 2 aromatic carbocycles. The van der Waals surface area contributed by atoms with Crippen molar-refractivity contribution in [1.29, 1.82) is 0 Å². The summed E-state index contributed by atoms with van der Waals surface area (Å²) >= 11 is 12.1. The topological polar surface area (TPSA) is 26.0 Å². The minimum Gasteiger partial charge on any atom is -0.325 e. The number of nitrogens with two attached hydrogens (primary N) is 1. The zero-order valence-corrected chi connectivity index (χ0v) is 12.7. The van der Waals surface area contributed by atoms with Gasteiger partial charge in [0.1, 0.15) is 5.82 Å². The Balaban J connectivity index is 2.14. The van der Waals surface area contributed by atoms with Gasteiger partial charge in [-0.25, -0.2) is 4.39 Å². The molecule has 0 saturated heterocycles. The molecule has 20 heavy (non-hydrogen) atoms. The zero-order valence-electron chi connectivity index (χ0n) is 11.2. The Kier molecular flexibility index (Phi) is 4.69. The lowest BCUT2D eigenvalue weighted by Crippen LogP contribution is -2.41. The lowest BCUT2D eigenvalue weighted by molar-refractivity contribution is 0.462. The van der Waals surface area contributed by atoms with Crippen LogP contribution in [0.4, 0.5) is 4.39 Å². The van der Waals surface area contributed by atoms with Crippen LogP contribution in [0.2, 0.25) is 10.0 Å². The molecule has 0 saturated carbocycles. The van der Waals surface area contributed by atoms with Gasteiger partial charge in [0, 0.05) is 15.6 Å². The molecule has 0 heterocycles. The maximum Gasteiger partial charge on any atom is 0.123 e. The maximum atomic E-state index is 12.9. The van der Waals surface area contributed by atoms with Crippen LogP contribution in [0.15, 0.2) is 42.5 Å². The first-order valence-electron chi connectivity index (χ1n) is 6.33. The average molecular weight is 312 g/mol. The molecule has 0 amide bonds. The van der Waals surface area contributed by atoms with Gasteiger partial charge in [-0.05, 0) is 61.2 Å². The summed E-state index contributed by atoms with van der Waals surface area (Å²) in [7, 11) is 0. The normalized spacial score (nSPS) is 14.1. The molecular weight excluding hydrogens is 296 g/mol. The summed E-state index contributed by atoms with van der Waals surface area (Å²) in [5.74, 6) is -0.245. The third-order valence-electron chi connectivity index (χ3n) is 3.12. The molecule has 2 aromatic rings. The van der Waals surface area contributed by atoms with Crippen molar-refractivity contribution in [3.63, 3.8) is 0 Å². The van der Waals surface area contributed by atoms with Crippen LogP contribution in [0.25, 0.3) is 0 Å². The first-order valence-corrected chi connectivity index (χ1v) is 7.09. The van der Waals surface area contributed by atoms with Crippen molar-refractivity contribution < 1.29 is 4.39 Å². The predicted octanol–water partition coefficient (Wildman–Crippen LogP) is 4.64. The Morgan fingerprint density at radius 1 is 1.05 bits per heavy atom. The van der Waals surface area contributed by atoms with Crippen molar-refractivity contribution in [2.24, 2.45) is 5.73 Å². The highest BCUT2D eigenvalue weighted by atomic mass is 35.5. The third kappa shape index (κ3) is 4.20. The average Bonchev–Trinajstić information content (AvgIpc) is 2.36. The van der Waals surface area contributed by atoms with Crippen molar-refractivity contribution in [3.05, 3.63) is 69.5 Å². The number of benzene rings is 2. The molecule has 0 spiro atoms. The largest absolute Gasteiger partial charge is 0.325 e. The van der Waals surface area contributed by atoms with E-state index in [9.17, 15) is 4.39 Å². The van der Waals surface area contributed by atoms with Crippen LogP contribution in [0.1, 0.15) is 18.1 Å². The molecule has 1 unspecified atom stereocenters. The van der Waals surface area contributed by atoms with E-state index >= 15 is 0 Å². The first kappa shape index (κ1) is 15.3.